The van der Waals surface area contributed by atoms with Crippen LogP contribution >= 0.6 is 0 Å². The topological polar surface area (TPSA) is 75.3 Å². The first-order valence-corrected chi connectivity index (χ1v) is 7.93. The summed E-state index contributed by atoms with van der Waals surface area (Å²) in [5.41, 5.74) is 0.523. The molecular formula is C13H20N2O3S. The van der Waals surface area contributed by atoms with E-state index in [1.807, 2.05) is 13.0 Å². The Kier molecular flexibility index (Phi) is 5.98. The Balaban J connectivity index is 2.40. The zero-order valence-electron chi connectivity index (χ0n) is 11.2. The summed E-state index contributed by atoms with van der Waals surface area (Å²) in [6.45, 7) is 3.81. The number of sulfonamides is 1. The molecule has 0 fully saturated rings. The van der Waals surface area contributed by atoms with Crippen molar-refractivity contribution in [1.82, 2.24) is 10.0 Å². The normalized spacial score (nSPS) is 12.9. The van der Waals surface area contributed by atoms with Gasteiger partial charge in [0.05, 0.1) is 5.75 Å². The van der Waals surface area contributed by atoms with Gasteiger partial charge in [0.1, 0.15) is 0 Å². The lowest BCUT2D eigenvalue weighted by Gasteiger charge is -2.12. The maximum Gasteiger partial charge on any atom is 0.251 e. The molecule has 1 atom stereocenters. The number of benzene rings is 1. The molecule has 0 spiro atoms. The zero-order chi connectivity index (χ0) is 14.3. The molecule has 0 bridgehead atoms. The minimum atomic E-state index is -3.34. The maximum absolute atomic E-state index is 11.7. The first kappa shape index (κ1) is 15.7. The summed E-state index contributed by atoms with van der Waals surface area (Å²) in [5.74, 6) is -0.380. The molecule has 1 aromatic carbocycles. The van der Waals surface area contributed by atoms with Crippen LogP contribution in [0.15, 0.2) is 30.3 Å². The molecule has 0 unspecified atom stereocenters. The van der Waals surface area contributed by atoms with E-state index in [1.54, 1.807) is 31.2 Å². The van der Waals surface area contributed by atoms with Crippen molar-refractivity contribution < 1.29 is 13.2 Å². The number of carbonyl (C=O) groups excluding carboxylic acids is 1. The Hall–Kier alpha value is -1.40. The van der Waals surface area contributed by atoms with Crippen LogP contribution < -0.4 is 10.0 Å². The van der Waals surface area contributed by atoms with Crippen LogP contribution in [0.2, 0.25) is 0 Å². The Morgan fingerprint density at radius 2 is 1.89 bits per heavy atom. The first-order valence-electron chi connectivity index (χ1n) is 6.28. The molecule has 0 saturated heterocycles. The number of amides is 1. The van der Waals surface area contributed by atoms with Crippen molar-refractivity contribution in [3.05, 3.63) is 35.9 Å². The third-order valence-electron chi connectivity index (χ3n) is 2.69. The van der Waals surface area contributed by atoms with Crippen molar-refractivity contribution in [2.45, 2.75) is 26.3 Å². The Morgan fingerprint density at radius 3 is 2.47 bits per heavy atom. The maximum atomic E-state index is 11.7. The van der Waals surface area contributed by atoms with Crippen molar-refractivity contribution in [1.29, 1.82) is 0 Å². The lowest BCUT2D eigenvalue weighted by atomic mass is 10.2. The standard InChI is InChI=1S/C13H20N2O3S/c1-3-11(2)15-19(17,18)10-9-14-13(16)12-7-5-4-6-8-12/h4-8,11,15H,3,9-10H2,1-2H3,(H,14,16)/t11-/m1/s1. The van der Waals surface area contributed by atoms with Crippen molar-refractivity contribution in [2.75, 3.05) is 12.3 Å². The van der Waals surface area contributed by atoms with E-state index >= 15 is 0 Å². The quantitative estimate of drug-likeness (QED) is 0.788. The first-order chi connectivity index (χ1) is 8.94. The summed E-state index contributed by atoms with van der Waals surface area (Å²) in [6, 6.07) is 8.61. The van der Waals surface area contributed by atoms with Gasteiger partial charge in [-0.1, -0.05) is 25.1 Å². The molecule has 0 heterocycles. The molecular weight excluding hydrogens is 264 g/mol. The second-order valence-corrected chi connectivity index (χ2v) is 6.24. The zero-order valence-corrected chi connectivity index (χ0v) is 12.0. The smallest absolute Gasteiger partial charge is 0.251 e. The van der Waals surface area contributed by atoms with Crippen LogP contribution in [0.4, 0.5) is 0 Å². The van der Waals surface area contributed by atoms with Crippen LogP contribution in [0.25, 0.3) is 0 Å². The number of nitrogens with one attached hydrogen (secondary N) is 2. The summed E-state index contributed by atoms with van der Waals surface area (Å²) >= 11 is 0. The number of hydrogen-bond acceptors (Lipinski definition) is 3. The van der Waals surface area contributed by atoms with E-state index in [2.05, 4.69) is 10.0 Å². The van der Waals surface area contributed by atoms with Crippen molar-refractivity contribution in [3.8, 4) is 0 Å². The van der Waals surface area contributed by atoms with Crippen molar-refractivity contribution in [3.63, 3.8) is 0 Å². The van der Waals surface area contributed by atoms with Gasteiger partial charge in [0.15, 0.2) is 0 Å². The monoisotopic (exact) mass is 284 g/mol. The van der Waals surface area contributed by atoms with Crippen LogP contribution in [-0.2, 0) is 10.0 Å². The van der Waals surface area contributed by atoms with Gasteiger partial charge >= 0.3 is 0 Å². The van der Waals surface area contributed by atoms with Gasteiger partial charge < -0.3 is 5.32 Å². The van der Waals surface area contributed by atoms with Gasteiger partial charge in [0, 0.05) is 18.2 Å². The SMILES string of the molecule is CC[C@@H](C)NS(=O)(=O)CCNC(=O)c1ccccc1. The predicted octanol–water partition coefficient (Wildman–Crippen LogP) is 1.13. The van der Waals surface area contributed by atoms with E-state index in [4.69, 9.17) is 0 Å². The van der Waals surface area contributed by atoms with E-state index < -0.39 is 10.0 Å². The van der Waals surface area contributed by atoms with Gasteiger partial charge in [-0.2, -0.15) is 0 Å². The van der Waals surface area contributed by atoms with Gasteiger partial charge in [-0.05, 0) is 25.5 Å². The second kappa shape index (κ2) is 7.25. The van der Waals surface area contributed by atoms with E-state index in [-0.39, 0.29) is 24.2 Å². The lowest BCUT2D eigenvalue weighted by Crippen LogP contribution is -2.38. The van der Waals surface area contributed by atoms with Crippen molar-refractivity contribution >= 4 is 15.9 Å². The molecule has 0 aliphatic heterocycles. The summed E-state index contributed by atoms with van der Waals surface area (Å²) in [6.07, 6.45) is 0.732. The molecule has 0 saturated carbocycles. The van der Waals surface area contributed by atoms with E-state index in [0.29, 0.717) is 5.56 Å². The largest absolute Gasteiger partial charge is 0.351 e. The molecule has 6 heteroatoms. The molecule has 1 rings (SSSR count). The molecule has 19 heavy (non-hydrogen) atoms. The average Bonchev–Trinajstić information content (AvgIpc) is 2.38. The summed E-state index contributed by atoms with van der Waals surface area (Å²) in [4.78, 5) is 11.7. The fraction of sp³-hybridized carbons (Fsp3) is 0.462. The predicted molar refractivity (Wildman–Crippen MR) is 75.5 cm³/mol. The minimum absolute atomic E-state index is 0.0881. The van der Waals surface area contributed by atoms with Gasteiger partial charge in [-0.25, -0.2) is 13.1 Å². The highest BCUT2D eigenvalue weighted by Crippen LogP contribution is 1.98. The van der Waals surface area contributed by atoms with Gasteiger partial charge in [0.25, 0.3) is 5.91 Å². The molecule has 106 valence electrons. The lowest BCUT2D eigenvalue weighted by molar-refractivity contribution is 0.0956. The highest BCUT2D eigenvalue weighted by molar-refractivity contribution is 7.89. The molecule has 0 aliphatic rings. The Labute approximate surface area is 114 Å². The number of hydrogen-bond donors (Lipinski definition) is 2. The fourth-order valence-electron chi connectivity index (χ4n) is 1.44. The van der Waals surface area contributed by atoms with E-state index in [9.17, 15) is 13.2 Å². The molecule has 0 aliphatic carbocycles. The third-order valence-corrected chi connectivity index (χ3v) is 4.19. The van der Waals surface area contributed by atoms with Gasteiger partial charge in [-0.3, -0.25) is 4.79 Å². The Bertz CT molecular complexity index is 500. The molecule has 1 amide bonds. The average molecular weight is 284 g/mol. The number of carbonyl (C=O) groups is 1. The summed E-state index contributed by atoms with van der Waals surface area (Å²) < 4.78 is 25.9. The molecule has 5 nitrogen and oxygen atoms in total. The summed E-state index contributed by atoms with van der Waals surface area (Å²) in [5, 5.41) is 2.59. The highest BCUT2D eigenvalue weighted by atomic mass is 32.2. The molecule has 1 aromatic rings. The third kappa shape index (κ3) is 5.85. The van der Waals surface area contributed by atoms with Crippen molar-refractivity contribution in [2.24, 2.45) is 0 Å². The second-order valence-electron chi connectivity index (χ2n) is 4.37. The molecule has 2 N–H and O–H groups in total. The highest BCUT2D eigenvalue weighted by Gasteiger charge is 2.13. The van der Waals surface area contributed by atoms with E-state index in [1.165, 1.54) is 0 Å². The fourth-order valence-corrected chi connectivity index (χ4v) is 2.71. The summed E-state index contributed by atoms with van der Waals surface area (Å²) in [7, 11) is -3.34. The van der Waals surface area contributed by atoms with Crippen LogP contribution in [-0.4, -0.2) is 32.7 Å². The Morgan fingerprint density at radius 1 is 1.26 bits per heavy atom. The molecule has 0 radical (unpaired) electrons. The number of rotatable bonds is 7. The van der Waals surface area contributed by atoms with Crippen LogP contribution in [0.1, 0.15) is 30.6 Å². The van der Waals surface area contributed by atoms with Crippen LogP contribution in [0.5, 0.6) is 0 Å². The van der Waals surface area contributed by atoms with Gasteiger partial charge in [0.2, 0.25) is 10.0 Å². The minimum Gasteiger partial charge on any atom is -0.351 e. The van der Waals surface area contributed by atoms with Gasteiger partial charge in [-0.15, -0.1) is 0 Å². The molecule has 0 aromatic heterocycles. The van der Waals surface area contributed by atoms with E-state index in [0.717, 1.165) is 6.42 Å². The van der Waals surface area contributed by atoms with Crippen LogP contribution in [0, 0.1) is 0 Å². The van der Waals surface area contributed by atoms with Crippen LogP contribution in [0.3, 0.4) is 0 Å².